The van der Waals surface area contributed by atoms with Crippen LogP contribution < -0.4 is 5.32 Å². The summed E-state index contributed by atoms with van der Waals surface area (Å²) in [7, 11) is 1.61. The Morgan fingerprint density at radius 2 is 1.92 bits per heavy atom. The van der Waals surface area contributed by atoms with Gasteiger partial charge in [0.05, 0.1) is 6.10 Å². The second kappa shape index (κ2) is 8.47. The lowest BCUT2D eigenvalue weighted by molar-refractivity contribution is 0.0963. The van der Waals surface area contributed by atoms with Crippen molar-refractivity contribution in [1.82, 2.24) is 10.2 Å². The first kappa shape index (κ1) is 18.0. The fourth-order valence-electron chi connectivity index (χ4n) is 2.55. The van der Waals surface area contributed by atoms with Crippen LogP contribution in [0, 0.1) is 0 Å². The normalized spacial score (nSPS) is 12.2. The lowest BCUT2D eigenvalue weighted by atomic mass is 10.1. The van der Waals surface area contributed by atoms with Gasteiger partial charge in [-0.05, 0) is 41.9 Å². The number of phenolic OH excluding ortho intramolecular Hbond substituents is 1. The number of nitrogens with zero attached hydrogens (tertiary/aromatic N) is 1. The van der Waals surface area contributed by atoms with Crippen molar-refractivity contribution in [3.05, 3.63) is 65.2 Å². The molecule has 3 N–H and O–H groups in total. The van der Waals surface area contributed by atoms with E-state index in [2.05, 4.69) is 10.2 Å². The van der Waals surface area contributed by atoms with Crippen molar-refractivity contribution >= 4 is 5.91 Å². The van der Waals surface area contributed by atoms with Gasteiger partial charge in [-0.3, -0.25) is 9.69 Å². The Labute approximate surface area is 142 Å². The highest BCUT2D eigenvalue weighted by Crippen LogP contribution is 2.20. The van der Waals surface area contributed by atoms with E-state index in [0.717, 1.165) is 12.1 Å². The molecule has 0 radical (unpaired) electrons. The van der Waals surface area contributed by atoms with Gasteiger partial charge in [-0.15, -0.1) is 0 Å². The second-order valence-electron chi connectivity index (χ2n) is 5.71. The third-order valence-electron chi connectivity index (χ3n) is 3.98. The number of aliphatic hydroxyl groups excluding tert-OH is 1. The average Bonchev–Trinajstić information content (AvgIpc) is 2.61. The van der Waals surface area contributed by atoms with Gasteiger partial charge in [-0.25, -0.2) is 0 Å². The Bertz CT molecular complexity index is 671. The van der Waals surface area contributed by atoms with Crippen molar-refractivity contribution in [3.63, 3.8) is 0 Å². The highest BCUT2D eigenvalue weighted by Gasteiger charge is 2.13. The van der Waals surface area contributed by atoms with Crippen LogP contribution in [-0.2, 0) is 6.54 Å². The summed E-state index contributed by atoms with van der Waals surface area (Å²) >= 11 is 0. The zero-order valence-electron chi connectivity index (χ0n) is 14.1. The number of carbonyl (C=O) groups is 1. The number of hydrogen-bond donors (Lipinski definition) is 3. The van der Waals surface area contributed by atoms with E-state index in [1.54, 1.807) is 43.4 Å². The van der Waals surface area contributed by atoms with E-state index in [0.29, 0.717) is 24.2 Å². The summed E-state index contributed by atoms with van der Waals surface area (Å²) in [6.07, 6.45) is -0.665. The van der Waals surface area contributed by atoms with Gasteiger partial charge in [0.2, 0.25) is 0 Å². The first-order chi connectivity index (χ1) is 11.5. The Kier molecular flexibility index (Phi) is 6.35. The molecule has 2 aromatic carbocycles. The van der Waals surface area contributed by atoms with Gasteiger partial charge >= 0.3 is 0 Å². The van der Waals surface area contributed by atoms with Crippen molar-refractivity contribution in [1.29, 1.82) is 0 Å². The number of amides is 1. The van der Waals surface area contributed by atoms with Crippen LogP contribution in [0.4, 0.5) is 0 Å². The topological polar surface area (TPSA) is 72.8 Å². The van der Waals surface area contributed by atoms with E-state index >= 15 is 0 Å². The minimum absolute atomic E-state index is 0.104. The molecular weight excluding hydrogens is 304 g/mol. The molecule has 5 nitrogen and oxygen atoms in total. The Morgan fingerprint density at radius 3 is 2.50 bits per heavy atom. The molecule has 0 aromatic heterocycles. The van der Waals surface area contributed by atoms with Crippen molar-refractivity contribution in [3.8, 4) is 5.75 Å². The lowest BCUT2D eigenvalue weighted by Crippen LogP contribution is -2.28. The number of carbonyl (C=O) groups excluding carboxylic acids is 1. The van der Waals surface area contributed by atoms with Crippen LogP contribution in [0.5, 0.6) is 5.75 Å². The van der Waals surface area contributed by atoms with Crippen LogP contribution in [-0.4, -0.2) is 41.2 Å². The number of aromatic hydroxyl groups is 1. The third kappa shape index (κ3) is 4.81. The van der Waals surface area contributed by atoms with Crippen LogP contribution in [0.3, 0.4) is 0 Å². The predicted molar refractivity (Wildman–Crippen MR) is 93.8 cm³/mol. The molecular formula is C19H24N2O3. The fraction of sp³-hybridized carbons (Fsp3) is 0.316. The van der Waals surface area contributed by atoms with Gasteiger partial charge in [-0.1, -0.05) is 31.2 Å². The molecule has 1 atom stereocenters. The summed E-state index contributed by atoms with van der Waals surface area (Å²) in [6.45, 7) is 3.97. The Balaban J connectivity index is 2.00. The molecule has 0 aliphatic heterocycles. The van der Waals surface area contributed by atoms with E-state index in [1.165, 1.54) is 0 Å². The largest absolute Gasteiger partial charge is 0.508 e. The maximum atomic E-state index is 11.6. The fourth-order valence-corrected chi connectivity index (χ4v) is 2.55. The summed E-state index contributed by atoms with van der Waals surface area (Å²) in [5.41, 5.74) is 2.40. The van der Waals surface area contributed by atoms with Crippen molar-refractivity contribution in [2.75, 3.05) is 20.1 Å². The van der Waals surface area contributed by atoms with Gasteiger partial charge in [0.1, 0.15) is 5.75 Å². The summed E-state index contributed by atoms with van der Waals surface area (Å²) in [6, 6.07) is 14.1. The van der Waals surface area contributed by atoms with Gasteiger partial charge in [0.25, 0.3) is 5.91 Å². The molecule has 0 bridgehead atoms. The van der Waals surface area contributed by atoms with Crippen molar-refractivity contribution < 1.29 is 15.0 Å². The molecule has 2 rings (SSSR count). The molecule has 0 aliphatic rings. The molecule has 0 heterocycles. The van der Waals surface area contributed by atoms with Crippen LogP contribution in [0.15, 0.2) is 48.5 Å². The molecule has 0 saturated carbocycles. The van der Waals surface area contributed by atoms with Crippen LogP contribution in [0.2, 0.25) is 0 Å². The number of phenols is 1. The first-order valence-electron chi connectivity index (χ1n) is 8.03. The maximum Gasteiger partial charge on any atom is 0.251 e. The minimum atomic E-state index is -0.665. The van der Waals surface area contributed by atoms with Crippen LogP contribution in [0.25, 0.3) is 0 Å². The summed E-state index contributed by atoms with van der Waals surface area (Å²) in [4.78, 5) is 13.7. The average molecular weight is 328 g/mol. The van der Waals surface area contributed by atoms with Crippen molar-refractivity contribution in [2.24, 2.45) is 0 Å². The standard InChI is InChI=1S/C19H24N2O3/c1-3-21(13-18(23)16-5-4-6-17(22)11-16)12-14-7-9-15(10-8-14)19(24)20-2/h4-11,18,22-23H,3,12-13H2,1-2H3,(H,20,24). The molecule has 0 saturated heterocycles. The molecule has 24 heavy (non-hydrogen) atoms. The number of nitrogens with one attached hydrogen (secondary N) is 1. The quantitative estimate of drug-likeness (QED) is 0.729. The highest BCUT2D eigenvalue weighted by atomic mass is 16.3. The second-order valence-corrected chi connectivity index (χ2v) is 5.71. The lowest BCUT2D eigenvalue weighted by Gasteiger charge is -2.24. The van der Waals surface area contributed by atoms with E-state index < -0.39 is 6.10 Å². The van der Waals surface area contributed by atoms with Gasteiger partial charge in [0, 0.05) is 25.7 Å². The highest BCUT2D eigenvalue weighted by molar-refractivity contribution is 5.93. The number of aliphatic hydroxyl groups is 1. The Morgan fingerprint density at radius 1 is 1.21 bits per heavy atom. The molecule has 0 fully saturated rings. The van der Waals surface area contributed by atoms with Crippen LogP contribution in [0.1, 0.15) is 34.5 Å². The maximum absolute atomic E-state index is 11.6. The predicted octanol–water partition coefficient (Wildman–Crippen LogP) is 2.31. The minimum Gasteiger partial charge on any atom is -0.508 e. The SMILES string of the molecule is CCN(Cc1ccc(C(=O)NC)cc1)CC(O)c1cccc(O)c1. The smallest absolute Gasteiger partial charge is 0.251 e. The molecule has 0 spiro atoms. The summed E-state index contributed by atoms with van der Waals surface area (Å²) < 4.78 is 0. The third-order valence-corrected chi connectivity index (χ3v) is 3.98. The molecule has 1 amide bonds. The number of rotatable bonds is 7. The van der Waals surface area contributed by atoms with E-state index in [-0.39, 0.29) is 11.7 Å². The molecule has 0 aliphatic carbocycles. The van der Waals surface area contributed by atoms with E-state index in [1.807, 2.05) is 19.1 Å². The van der Waals surface area contributed by atoms with E-state index in [9.17, 15) is 15.0 Å². The Hall–Kier alpha value is -2.37. The molecule has 128 valence electrons. The monoisotopic (exact) mass is 328 g/mol. The first-order valence-corrected chi connectivity index (χ1v) is 8.03. The van der Waals surface area contributed by atoms with Crippen LogP contribution >= 0.6 is 0 Å². The zero-order chi connectivity index (χ0) is 17.5. The summed E-state index contributed by atoms with van der Waals surface area (Å²) in [5, 5.41) is 22.5. The number of hydrogen-bond acceptors (Lipinski definition) is 4. The molecule has 1 unspecified atom stereocenters. The molecule has 2 aromatic rings. The zero-order valence-corrected chi connectivity index (χ0v) is 14.1. The van der Waals surface area contributed by atoms with E-state index in [4.69, 9.17) is 0 Å². The summed E-state index contributed by atoms with van der Waals surface area (Å²) in [5.74, 6) is 0.0487. The van der Waals surface area contributed by atoms with Gasteiger partial charge in [-0.2, -0.15) is 0 Å². The number of likely N-dealkylation sites (N-methyl/N-ethyl adjacent to an activating group) is 1. The van der Waals surface area contributed by atoms with Gasteiger partial charge in [0.15, 0.2) is 0 Å². The number of benzene rings is 2. The molecule has 5 heteroatoms. The van der Waals surface area contributed by atoms with Crippen molar-refractivity contribution in [2.45, 2.75) is 19.6 Å². The van der Waals surface area contributed by atoms with Gasteiger partial charge < -0.3 is 15.5 Å².